The van der Waals surface area contributed by atoms with Crippen molar-refractivity contribution in [2.24, 2.45) is 0 Å². The topological polar surface area (TPSA) is 142 Å². The Morgan fingerprint density at radius 1 is 1.58 bits per heavy atom. The van der Waals surface area contributed by atoms with Gasteiger partial charge in [-0.1, -0.05) is 0 Å². The number of rotatable bonds is 4. The number of nitrogens with two attached hydrogens (primary N) is 1. The zero-order valence-electron chi connectivity index (χ0n) is 10.1. The molecule has 0 radical (unpaired) electrons. The molecular weight excluding hydrogens is 274 g/mol. The van der Waals surface area contributed by atoms with E-state index in [0.717, 1.165) is 0 Å². The zero-order chi connectivity index (χ0) is 14.0. The van der Waals surface area contributed by atoms with Crippen LogP contribution >= 0.6 is 0 Å². The minimum Gasteiger partial charge on any atom is -0.395 e. The van der Waals surface area contributed by atoms with E-state index in [2.05, 4.69) is 15.2 Å². The number of H-pyrrole nitrogens is 1. The van der Waals surface area contributed by atoms with Gasteiger partial charge in [0.25, 0.3) is 5.91 Å². The van der Waals surface area contributed by atoms with E-state index in [9.17, 15) is 13.2 Å². The summed E-state index contributed by atoms with van der Waals surface area (Å²) in [6.07, 6.45) is 0.359. The average molecular weight is 289 g/mol. The smallest absolute Gasteiger partial charge is 0.291 e. The van der Waals surface area contributed by atoms with Gasteiger partial charge in [-0.3, -0.25) is 9.89 Å². The monoisotopic (exact) mass is 289 g/mol. The molecule has 2 rings (SSSR count). The van der Waals surface area contributed by atoms with Gasteiger partial charge in [0.2, 0.25) is 11.8 Å². The van der Waals surface area contributed by atoms with Crippen LogP contribution in [-0.2, 0) is 9.84 Å². The third-order valence-electron chi connectivity index (χ3n) is 2.96. The number of carbonyl (C=O) groups is 1. The van der Waals surface area contributed by atoms with E-state index < -0.39 is 21.8 Å². The maximum atomic E-state index is 12.2. The molecule has 1 saturated heterocycles. The van der Waals surface area contributed by atoms with Gasteiger partial charge in [-0.2, -0.15) is 4.98 Å². The maximum absolute atomic E-state index is 12.2. The highest BCUT2D eigenvalue weighted by Crippen LogP contribution is 2.19. The first-order valence-electron chi connectivity index (χ1n) is 5.73. The van der Waals surface area contributed by atoms with Crippen molar-refractivity contribution in [3.05, 3.63) is 5.82 Å². The molecule has 1 aliphatic rings. The Kier molecular flexibility index (Phi) is 3.71. The number of amides is 1. The summed E-state index contributed by atoms with van der Waals surface area (Å²) in [5.74, 6) is -0.685. The number of aliphatic hydroxyl groups is 1. The van der Waals surface area contributed by atoms with Crippen LogP contribution in [0, 0.1) is 0 Å². The molecule has 4 N–H and O–H groups in total. The van der Waals surface area contributed by atoms with Crippen LogP contribution in [0.4, 0.5) is 5.95 Å². The third kappa shape index (κ3) is 3.01. The fourth-order valence-electron chi connectivity index (χ4n) is 2.09. The summed E-state index contributed by atoms with van der Waals surface area (Å²) in [6.45, 7) is -0.217. The highest BCUT2D eigenvalue weighted by Gasteiger charge is 2.35. The normalized spacial score (nSPS) is 21.4. The van der Waals surface area contributed by atoms with Crippen molar-refractivity contribution >= 4 is 21.7 Å². The Labute approximate surface area is 109 Å². The maximum Gasteiger partial charge on any atom is 0.291 e. The first-order valence-corrected chi connectivity index (χ1v) is 7.55. The number of hydrogen-bond acceptors (Lipinski definition) is 7. The van der Waals surface area contributed by atoms with Gasteiger partial charge in [-0.15, -0.1) is 5.10 Å². The number of anilines is 1. The van der Waals surface area contributed by atoms with Gasteiger partial charge in [0, 0.05) is 12.6 Å². The van der Waals surface area contributed by atoms with Crippen molar-refractivity contribution in [1.82, 2.24) is 20.1 Å². The predicted octanol–water partition coefficient (Wildman–Crippen LogP) is -1.99. The molecule has 0 saturated carbocycles. The Morgan fingerprint density at radius 3 is 2.79 bits per heavy atom. The van der Waals surface area contributed by atoms with E-state index >= 15 is 0 Å². The van der Waals surface area contributed by atoms with Crippen LogP contribution in [0.5, 0.6) is 0 Å². The van der Waals surface area contributed by atoms with Gasteiger partial charge >= 0.3 is 0 Å². The van der Waals surface area contributed by atoms with Crippen LogP contribution in [0.2, 0.25) is 0 Å². The number of aromatic nitrogens is 3. The fraction of sp³-hybridized carbons (Fsp3) is 0.667. The largest absolute Gasteiger partial charge is 0.395 e. The van der Waals surface area contributed by atoms with Gasteiger partial charge in [0.05, 0.1) is 18.1 Å². The lowest BCUT2D eigenvalue weighted by Gasteiger charge is -2.26. The second kappa shape index (κ2) is 5.13. The molecule has 0 bridgehead atoms. The summed E-state index contributed by atoms with van der Waals surface area (Å²) in [7, 11) is -3.12. The van der Waals surface area contributed by atoms with Crippen LogP contribution in [0.25, 0.3) is 0 Å². The van der Waals surface area contributed by atoms with Crippen LogP contribution in [0.1, 0.15) is 17.0 Å². The van der Waals surface area contributed by atoms with Gasteiger partial charge in [-0.25, -0.2) is 8.42 Å². The van der Waals surface area contributed by atoms with Crippen LogP contribution in [0.3, 0.4) is 0 Å². The first-order chi connectivity index (χ1) is 8.93. The summed E-state index contributed by atoms with van der Waals surface area (Å²) < 4.78 is 22.9. The lowest BCUT2D eigenvalue weighted by atomic mass is 10.2. The molecule has 1 atom stereocenters. The molecule has 0 spiro atoms. The number of hydrogen-bond donors (Lipinski definition) is 3. The molecule has 0 aromatic carbocycles. The number of nitrogens with zero attached hydrogens (tertiary/aromatic N) is 3. The van der Waals surface area contributed by atoms with Crippen molar-refractivity contribution in [2.75, 3.05) is 30.4 Å². The standard InChI is InChI=1S/C9H15N5O4S/c10-9-11-7(12-13-9)8(16)14(2-3-15)6-1-4-19(17,18)5-6/h6,15H,1-5H2,(H3,10,11,12,13). The van der Waals surface area contributed by atoms with E-state index in [1.54, 1.807) is 0 Å². The summed E-state index contributed by atoms with van der Waals surface area (Å²) in [5.41, 5.74) is 5.32. The Hall–Kier alpha value is -1.68. The Balaban J connectivity index is 2.18. The lowest BCUT2D eigenvalue weighted by Crippen LogP contribution is -2.43. The Morgan fingerprint density at radius 2 is 2.32 bits per heavy atom. The average Bonchev–Trinajstić information content (AvgIpc) is 2.91. The van der Waals surface area contributed by atoms with Gasteiger partial charge in [0.15, 0.2) is 9.84 Å². The molecule has 2 heterocycles. The molecule has 1 unspecified atom stereocenters. The Bertz CT molecular complexity index is 569. The second-order valence-electron chi connectivity index (χ2n) is 4.32. The summed E-state index contributed by atoms with van der Waals surface area (Å²) in [4.78, 5) is 17.2. The number of carbonyl (C=O) groups excluding carboxylic acids is 1. The van der Waals surface area contributed by atoms with Crippen LogP contribution < -0.4 is 5.73 Å². The summed E-state index contributed by atoms with van der Waals surface area (Å²) >= 11 is 0. The number of aromatic amines is 1. The van der Waals surface area contributed by atoms with E-state index in [1.165, 1.54) is 4.90 Å². The molecule has 1 aliphatic heterocycles. The minimum atomic E-state index is -3.12. The number of aliphatic hydroxyl groups excluding tert-OH is 1. The molecular formula is C9H15N5O4S. The molecule has 10 heteroatoms. The zero-order valence-corrected chi connectivity index (χ0v) is 10.9. The quantitative estimate of drug-likeness (QED) is 0.582. The van der Waals surface area contributed by atoms with Crippen LogP contribution in [0.15, 0.2) is 0 Å². The summed E-state index contributed by atoms with van der Waals surface area (Å²) in [6, 6.07) is -0.448. The van der Waals surface area contributed by atoms with E-state index in [4.69, 9.17) is 10.8 Å². The lowest BCUT2D eigenvalue weighted by molar-refractivity contribution is 0.0643. The molecule has 1 amide bonds. The summed E-state index contributed by atoms with van der Waals surface area (Å²) in [5, 5.41) is 14.9. The highest BCUT2D eigenvalue weighted by atomic mass is 32.2. The van der Waals surface area contributed by atoms with Crippen molar-refractivity contribution in [2.45, 2.75) is 12.5 Å². The predicted molar refractivity (Wildman–Crippen MR) is 66.0 cm³/mol. The molecule has 1 aromatic rings. The highest BCUT2D eigenvalue weighted by molar-refractivity contribution is 7.91. The van der Waals surface area contributed by atoms with Crippen molar-refractivity contribution in [3.63, 3.8) is 0 Å². The van der Waals surface area contributed by atoms with Crippen LogP contribution in [-0.4, -0.2) is 70.2 Å². The van der Waals surface area contributed by atoms with E-state index in [-0.39, 0.29) is 36.4 Å². The SMILES string of the molecule is Nc1n[nH]c(C(=O)N(CCO)C2CCS(=O)(=O)C2)n1. The molecule has 1 fully saturated rings. The molecule has 9 nitrogen and oxygen atoms in total. The number of nitrogens with one attached hydrogen (secondary N) is 1. The van der Waals surface area contributed by atoms with Gasteiger partial charge < -0.3 is 15.7 Å². The van der Waals surface area contributed by atoms with Crippen molar-refractivity contribution < 1.29 is 18.3 Å². The molecule has 1 aromatic heterocycles. The second-order valence-corrected chi connectivity index (χ2v) is 6.55. The van der Waals surface area contributed by atoms with Gasteiger partial charge in [0.1, 0.15) is 0 Å². The third-order valence-corrected chi connectivity index (χ3v) is 4.71. The van der Waals surface area contributed by atoms with Crippen molar-refractivity contribution in [3.8, 4) is 0 Å². The molecule has 106 valence electrons. The van der Waals surface area contributed by atoms with Crippen molar-refractivity contribution in [1.29, 1.82) is 0 Å². The van der Waals surface area contributed by atoms with E-state index in [0.29, 0.717) is 6.42 Å². The molecule has 19 heavy (non-hydrogen) atoms. The number of nitrogen functional groups attached to an aromatic ring is 1. The molecule has 0 aliphatic carbocycles. The number of sulfone groups is 1. The first kappa shape index (κ1) is 13.7. The minimum absolute atomic E-state index is 0.0413. The fourth-order valence-corrected chi connectivity index (χ4v) is 3.82. The van der Waals surface area contributed by atoms with Gasteiger partial charge in [-0.05, 0) is 6.42 Å². The van der Waals surface area contributed by atoms with E-state index in [1.807, 2.05) is 0 Å².